The third-order valence-electron chi connectivity index (χ3n) is 4.80. The zero-order chi connectivity index (χ0) is 15.7. The monoisotopic (exact) mass is 312 g/mol. The van der Waals surface area contributed by atoms with Crippen molar-refractivity contribution in [2.75, 3.05) is 31.6 Å². The Labute approximate surface area is 134 Å². The molecule has 2 N–H and O–H groups in total. The Morgan fingerprint density at radius 1 is 1.22 bits per heavy atom. The number of anilines is 1. The van der Waals surface area contributed by atoms with Crippen LogP contribution in [0.3, 0.4) is 0 Å². The molecular formula is C17H20N4O2. The second-order valence-corrected chi connectivity index (χ2v) is 6.08. The smallest absolute Gasteiger partial charge is 0.271 e. The molecule has 0 bridgehead atoms. The second-order valence-electron chi connectivity index (χ2n) is 6.08. The minimum absolute atomic E-state index is 0.0115. The first kappa shape index (κ1) is 14.3. The van der Waals surface area contributed by atoms with Gasteiger partial charge in [-0.3, -0.25) is 9.89 Å². The van der Waals surface area contributed by atoms with Crippen LogP contribution in [0.4, 0.5) is 5.69 Å². The molecular weight excluding hydrogens is 292 g/mol. The van der Waals surface area contributed by atoms with Crippen LogP contribution in [0.1, 0.15) is 28.9 Å². The highest BCUT2D eigenvalue weighted by atomic mass is 16.5. The summed E-state index contributed by atoms with van der Waals surface area (Å²) >= 11 is 0. The van der Waals surface area contributed by atoms with E-state index in [1.165, 1.54) is 5.56 Å². The molecule has 1 aromatic carbocycles. The predicted molar refractivity (Wildman–Crippen MR) is 86.3 cm³/mol. The average molecular weight is 312 g/mol. The zero-order valence-corrected chi connectivity index (χ0v) is 12.9. The number of rotatable bonds is 1. The van der Waals surface area contributed by atoms with Crippen molar-refractivity contribution in [1.82, 2.24) is 15.1 Å². The number of ether oxygens (including phenoxy) is 1. The van der Waals surface area contributed by atoms with Gasteiger partial charge in [-0.25, -0.2) is 0 Å². The van der Waals surface area contributed by atoms with Crippen molar-refractivity contribution in [3.05, 3.63) is 47.8 Å². The standard InChI is InChI=1S/C17H20N4O2/c22-16(15-5-8-19-20-15)21-10-6-17(7-11-21)13-3-1-2-4-14(13)18-9-12-23-17/h1-5,8,18H,6-7,9-12H2,(H,19,20). The molecule has 120 valence electrons. The van der Waals surface area contributed by atoms with Crippen LogP contribution >= 0.6 is 0 Å². The Kier molecular flexibility index (Phi) is 3.53. The Morgan fingerprint density at radius 2 is 2.04 bits per heavy atom. The second kappa shape index (κ2) is 5.70. The maximum absolute atomic E-state index is 12.4. The van der Waals surface area contributed by atoms with Gasteiger partial charge in [0.2, 0.25) is 0 Å². The highest BCUT2D eigenvalue weighted by Gasteiger charge is 2.41. The van der Waals surface area contributed by atoms with Crippen LogP contribution in [0.25, 0.3) is 0 Å². The van der Waals surface area contributed by atoms with Crippen molar-refractivity contribution in [2.24, 2.45) is 0 Å². The van der Waals surface area contributed by atoms with Gasteiger partial charge in [-0.2, -0.15) is 5.10 Å². The lowest BCUT2D eigenvalue weighted by Crippen LogP contribution is -2.46. The van der Waals surface area contributed by atoms with Gasteiger partial charge >= 0.3 is 0 Å². The molecule has 0 unspecified atom stereocenters. The van der Waals surface area contributed by atoms with E-state index in [1.807, 2.05) is 11.0 Å². The number of amides is 1. The van der Waals surface area contributed by atoms with Gasteiger partial charge in [0.1, 0.15) is 5.69 Å². The van der Waals surface area contributed by atoms with Crippen LogP contribution in [-0.2, 0) is 10.3 Å². The fourth-order valence-corrected chi connectivity index (χ4v) is 3.57. The minimum atomic E-state index is -0.287. The van der Waals surface area contributed by atoms with Crippen LogP contribution in [0, 0.1) is 0 Å². The first-order chi connectivity index (χ1) is 11.3. The summed E-state index contributed by atoms with van der Waals surface area (Å²) < 4.78 is 6.26. The van der Waals surface area contributed by atoms with Crippen molar-refractivity contribution in [2.45, 2.75) is 18.4 Å². The molecule has 4 rings (SSSR count). The molecule has 0 aliphatic carbocycles. The SMILES string of the molecule is O=C(c1ccn[nH]1)N1CCC2(CC1)OCCNc1ccccc12. The molecule has 1 spiro atoms. The fraction of sp³-hybridized carbons (Fsp3) is 0.412. The van der Waals surface area contributed by atoms with E-state index in [0.717, 1.165) is 25.1 Å². The van der Waals surface area contributed by atoms with Gasteiger partial charge in [-0.05, 0) is 25.0 Å². The highest BCUT2D eigenvalue weighted by Crippen LogP contribution is 2.41. The first-order valence-corrected chi connectivity index (χ1v) is 8.04. The highest BCUT2D eigenvalue weighted by molar-refractivity contribution is 5.92. The molecule has 2 aliphatic rings. The molecule has 2 aromatic rings. The molecule has 1 aromatic heterocycles. The number of fused-ring (bicyclic) bond motifs is 2. The van der Waals surface area contributed by atoms with Crippen LogP contribution < -0.4 is 5.32 Å². The number of piperidine rings is 1. The van der Waals surface area contributed by atoms with E-state index in [-0.39, 0.29) is 11.5 Å². The number of benzene rings is 1. The summed E-state index contributed by atoms with van der Waals surface area (Å²) in [4.78, 5) is 14.3. The minimum Gasteiger partial charge on any atom is -0.382 e. The van der Waals surface area contributed by atoms with E-state index in [2.05, 4.69) is 33.7 Å². The molecule has 6 heteroatoms. The molecule has 1 fully saturated rings. The van der Waals surface area contributed by atoms with Crippen molar-refractivity contribution in [3.63, 3.8) is 0 Å². The summed E-state index contributed by atoms with van der Waals surface area (Å²) in [5.74, 6) is 0.0115. The molecule has 0 saturated carbocycles. The number of carbonyl (C=O) groups is 1. The first-order valence-electron chi connectivity index (χ1n) is 8.04. The Balaban J connectivity index is 1.56. The molecule has 0 radical (unpaired) electrons. The van der Waals surface area contributed by atoms with E-state index in [1.54, 1.807) is 12.3 Å². The molecule has 0 atom stereocenters. The van der Waals surface area contributed by atoms with Crippen LogP contribution in [0.5, 0.6) is 0 Å². The van der Waals surface area contributed by atoms with Crippen LogP contribution in [0.15, 0.2) is 36.5 Å². The summed E-state index contributed by atoms with van der Waals surface area (Å²) in [6.45, 7) is 2.87. The van der Waals surface area contributed by atoms with Crippen molar-refractivity contribution in [3.8, 4) is 0 Å². The van der Waals surface area contributed by atoms with E-state index in [0.29, 0.717) is 25.4 Å². The lowest BCUT2D eigenvalue weighted by Gasteiger charge is -2.41. The number of nitrogens with one attached hydrogen (secondary N) is 2. The van der Waals surface area contributed by atoms with Crippen molar-refractivity contribution >= 4 is 11.6 Å². The van der Waals surface area contributed by atoms with Gasteiger partial charge in [0, 0.05) is 37.1 Å². The largest absolute Gasteiger partial charge is 0.382 e. The van der Waals surface area contributed by atoms with E-state index in [4.69, 9.17) is 4.74 Å². The molecule has 1 amide bonds. The average Bonchev–Trinajstić information content (AvgIpc) is 3.08. The Hall–Kier alpha value is -2.34. The Morgan fingerprint density at radius 3 is 2.83 bits per heavy atom. The number of para-hydroxylation sites is 1. The van der Waals surface area contributed by atoms with Gasteiger partial charge in [0.05, 0.1) is 12.2 Å². The van der Waals surface area contributed by atoms with Crippen molar-refractivity contribution in [1.29, 1.82) is 0 Å². The molecule has 6 nitrogen and oxygen atoms in total. The topological polar surface area (TPSA) is 70.2 Å². The van der Waals surface area contributed by atoms with E-state index in [9.17, 15) is 4.79 Å². The summed E-state index contributed by atoms with van der Waals surface area (Å²) in [5, 5.41) is 10.0. The predicted octanol–water partition coefficient (Wildman–Crippen LogP) is 1.98. The lowest BCUT2D eigenvalue weighted by molar-refractivity contribution is -0.0787. The molecule has 3 heterocycles. The number of carbonyl (C=O) groups excluding carboxylic acids is 1. The van der Waals surface area contributed by atoms with Crippen molar-refractivity contribution < 1.29 is 9.53 Å². The van der Waals surface area contributed by atoms with Gasteiger partial charge in [-0.15, -0.1) is 0 Å². The number of nitrogens with zero attached hydrogens (tertiary/aromatic N) is 2. The summed E-state index contributed by atoms with van der Waals surface area (Å²) in [7, 11) is 0. The molecule has 23 heavy (non-hydrogen) atoms. The third kappa shape index (κ3) is 2.49. The number of hydrogen-bond donors (Lipinski definition) is 2. The van der Waals surface area contributed by atoms with E-state index >= 15 is 0 Å². The summed E-state index contributed by atoms with van der Waals surface area (Å²) in [6.07, 6.45) is 3.23. The lowest BCUT2D eigenvalue weighted by atomic mass is 9.83. The number of aromatic amines is 1. The number of likely N-dealkylation sites (tertiary alicyclic amines) is 1. The normalized spacial score (nSPS) is 19.7. The van der Waals surface area contributed by atoms with Crippen LogP contribution in [-0.4, -0.2) is 47.2 Å². The van der Waals surface area contributed by atoms with Crippen LogP contribution in [0.2, 0.25) is 0 Å². The van der Waals surface area contributed by atoms with Gasteiger partial charge in [0.15, 0.2) is 0 Å². The molecule has 2 aliphatic heterocycles. The zero-order valence-electron chi connectivity index (χ0n) is 12.9. The molecule has 1 saturated heterocycles. The van der Waals surface area contributed by atoms with Gasteiger partial charge < -0.3 is 15.0 Å². The quantitative estimate of drug-likeness (QED) is 0.845. The third-order valence-corrected chi connectivity index (χ3v) is 4.80. The summed E-state index contributed by atoms with van der Waals surface area (Å²) in [5.41, 5.74) is 2.62. The van der Waals surface area contributed by atoms with Gasteiger partial charge in [0.25, 0.3) is 5.91 Å². The maximum atomic E-state index is 12.4. The Bertz CT molecular complexity index is 690. The fourth-order valence-electron chi connectivity index (χ4n) is 3.57. The van der Waals surface area contributed by atoms with Gasteiger partial charge in [-0.1, -0.05) is 18.2 Å². The van der Waals surface area contributed by atoms with E-state index < -0.39 is 0 Å². The number of hydrogen-bond acceptors (Lipinski definition) is 4. The number of aromatic nitrogens is 2. The summed E-state index contributed by atoms with van der Waals surface area (Å²) in [6, 6.07) is 10.1. The number of H-pyrrole nitrogens is 1. The maximum Gasteiger partial charge on any atom is 0.271 e.